The normalized spacial score (nSPS) is 12.4. The molecule has 6 heteroatoms. The van der Waals surface area contributed by atoms with Gasteiger partial charge < -0.3 is 14.2 Å². The first-order valence-corrected chi connectivity index (χ1v) is 30.3. The molecule has 0 spiro atoms. The van der Waals surface area contributed by atoms with E-state index in [9.17, 15) is 14.4 Å². The van der Waals surface area contributed by atoms with Crippen molar-refractivity contribution < 1.29 is 28.6 Å². The molecule has 0 amide bonds. The maximum absolute atomic E-state index is 12.9. The van der Waals surface area contributed by atoms with Gasteiger partial charge in [-0.25, -0.2) is 0 Å². The Morgan fingerprint density at radius 3 is 0.829 bits per heavy atom. The number of unbranched alkanes of at least 4 members (excludes halogenated alkanes) is 34. The van der Waals surface area contributed by atoms with Crippen molar-refractivity contribution in [2.75, 3.05) is 13.2 Å². The summed E-state index contributed by atoms with van der Waals surface area (Å²) in [5, 5.41) is 0. The van der Waals surface area contributed by atoms with Crippen LogP contribution in [0.15, 0.2) is 60.8 Å². The van der Waals surface area contributed by atoms with E-state index in [4.69, 9.17) is 14.2 Å². The standard InChI is InChI=1S/C64H114O6/c1-4-7-10-13-16-19-22-25-28-31-32-34-36-39-42-45-48-51-54-57-63(66)69-60-61(59-68-62(65)56-53-50-47-44-41-38-35-30-27-24-21-18-15-12-9-6-3)70-64(67)58-55-52-49-46-43-40-37-33-29-26-23-20-17-14-11-8-5-2/h16-17,19-20,25-26,28-29,37,40,61H,4-15,18,21-24,27,30-36,38-39,41-60H2,1-3H3/b19-16-,20-17-,28-25-,29-26-,40-37-/t61-/m1/s1. The highest BCUT2D eigenvalue weighted by molar-refractivity contribution is 5.71. The van der Waals surface area contributed by atoms with Crippen LogP contribution >= 0.6 is 0 Å². The van der Waals surface area contributed by atoms with E-state index in [0.29, 0.717) is 19.3 Å². The van der Waals surface area contributed by atoms with E-state index in [-0.39, 0.29) is 31.1 Å². The zero-order chi connectivity index (χ0) is 50.7. The van der Waals surface area contributed by atoms with Crippen LogP contribution in [0.25, 0.3) is 0 Å². The SMILES string of the molecule is CCCCC/C=C\C/C=C\C/C=C\CCCCCCC(=O)O[C@@H](COC(=O)CCCCCCCCCCC/C=C\C/C=C\CCCCC)COC(=O)CCCCCCCCCCCCCCCCCC. The monoisotopic (exact) mass is 979 g/mol. The largest absolute Gasteiger partial charge is 0.462 e. The van der Waals surface area contributed by atoms with Crippen molar-refractivity contribution in [1.29, 1.82) is 0 Å². The van der Waals surface area contributed by atoms with E-state index in [1.165, 1.54) is 180 Å². The topological polar surface area (TPSA) is 78.9 Å². The first-order valence-electron chi connectivity index (χ1n) is 30.3. The summed E-state index contributed by atoms with van der Waals surface area (Å²) in [4.78, 5) is 38.2. The van der Waals surface area contributed by atoms with Gasteiger partial charge >= 0.3 is 17.9 Å². The minimum atomic E-state index is -0.787. The van der Waals surface area contributed by atoms with Gasteiger partial charge in [0.1, 0.15) is 13.2 Å². The third-order valence-electron chi connectivity index (χ3n) is 13.2. The zero-order valence-corrected chi connectivity index (χ0v) is 46.5. The van der Waals surface area contributed by atoms with Crippen LogP contribution in [0.2, 0.25) is 0 Å². The number of carbonyl (C=O) groups is 3. The molecule has 0 aromatic heterocycles. The van der Waals surface area contributed by atoms with Crippen LogP contribution in [0.1, 0.15) is 310 Å². The van der Waals surface area contributed by atoms with Crippen molar-refractivity contribution >= 4 is 17.9 Å². The van der Waals surface area contributed by atoms with Crippen molar-refractivity contribution in [3.05, 3.63) is 60.8 Å². The van der Waals surface area contributed by atoms with Gasteiger partial charge in [0, 0.05) is 19.3 Å². The zero-order valence-electron chi connectivity index (χ0n) is 46.5. The Morgan fingerprint density at radius 1 is 0.286 bits per heavy atom. The number of esters is 3. The summed E-state index contributed by atoms with van der Waals surface area (Å²) in [7, 11) is 0. The van der Waals surface area contributed by atoms with Gasteiger partial charge in [-0.15, -0.1) is 0 Å². The number of hydrogen-bond donors (Lipinski definition) is 0. The maximum atomic E-state index is 12.9. The van der Waals surface area contributed by atoms with Crippen molar-refractivity contribution in [2.45, 2.75) is 316 Å². The molecule has 0 bridgehead atoms. The van der Waals surface area contributed by atoms with Crippen molar-refractivity contribution in [3.63, 3.8) is 0 Å². The second-order valence-corrected chi connectivity index (χ2v) is 20.3. The van der Waals surface area contributed by atoms with Crippen LogP contribution in [0.4, 0.5) is 0 Å². The Morgan fingerprint density at radius 2 is 0.514 bits per heavy atom. The van der Waals surface area contributed by atoms with Crippen LogP contribution in [0, 0.1) is 0 Å². The molecule has 0 radical (unpaired) electrons. The molecule has 0 aromatic rings. The summed E-state index contributed by atoms with van der Waals surface area (Å²) in [5.41, 5.74) is 0. The van der Waals surface area contributed by atoms with E-state index < -0.39 is 6.10 Å². The molecule has 406 valence electrons. The third kappa shape index (κ3) is 56.0. The highest BCUT2D eigenvalue weighted by Crippen LogP contribution is 2.16. The average molecular weight is 980 g/mol. The predicted molar refractivity (Wildman–Crippen MR) is 302 cm³/mol. The number of hydrogen-bond acceptors (Lipinski definition) is 6. The lowest BCUT2D eigenvalue weighted by Gasteiger charge is -2.18. The Bertz CT molecular complexity index is 1260. The molecule has 0 saturated heterocycles. The second kappa shape index (κ2) is 58.7. The molecular weight excluding hydrogens is 865 g/mol. The molecule has 0 saturated carbocycles. The quantitative estimate of drug-likeness (QED) is 0.0261. The molecular formula is C64H114O6. The number of allylic oxidation sites excluding steroid dienone is 10. The van der Waals surface area contributed by atoms with E-state index in [1.807, 2.05) is 0 Å². The van der Waals surface area contributed by atoms with Gasteiger partial charge in [-0.2, -0.15) is 0 Å². The van der Waals surface area contributed by atoms with Crippen LogP contribution in [-0.4, -0.2) is 37.2 Å². The molecule has 0 rings (SSSR count). The summed E-state index contributed by atoms with van der Waals surface area (Å²) < 4.78 is 16.9. The summed E-state index contributed by atoms with van der Waals surface area (Å²) in [6.45, 7) is 6.60. The van der Waals surface area contributed by atoms with Crippen LogP contribution in [0.3, 0.4) is 0 Å². The number of ether oxygens (including phenoxy) is 3. The fraction of sp³-hybridized carbons (Fsp3) is 0.797. The van der Waals surface area contributed by atoms with E-state index in [0.717, 1.165) is 89.9 Å². The van der Waals surface area contributed by atoms with Gasteiger partial charge in [0.25, 0.3) is 0 Å². The molecule has 1 atom stereocenters. The van der Waals surface area contributed by atoms with E-state index in [2.05, 4.69) is 81.5 Å². The molecule has 0 heterocycles. The molecule has 0 aromatic carbocycles. The lowest BCUT2D eigenvalue weighted by Crippen LogP contribution is -2.30. The lowest BCUT2D eigenvalue weighted by molar-refractivity contribution is -0.167. The van der Waals surface area contributed by atoms with Gasteiger partial charge in [0.05, 0.1) is 0 Å². The fourth-order valence-corrected chi connectivity index (χ4v) is 8.66. The maximum Gasteiger partial charge on any atom is 0.306 e. The lowest BCUT2D eigenvalue weighted by atomic mass is 10.0. The molecule has 0 aliphatic rings. The fourth-order valence-electron chi connectivity index (χ4n) is 8.66. The third-order valence-corrected chi connectivity index (χ3v) is 13.2. The van der Waals surface area contributed by atoms with Crippen LogP contribution < -0.4 is 0 Å². The van der Waals surface area contributed by atoms with Gasteiger partial charge in [-0.3, -0.25) is 14.4 Å². The van der Waals surface area contributed by atoms with Crippen molar-refractivity contribution in [1.82, 2.24) is 0 Å². The van der Waals surface area contributed by atoms with Gasteiger partial charge in [-0.05, 0) is 89.9 Å². The average Bonchev–Trinajstić information content (AvgIpc) is 3.36. The summed E-state index contributed by atoms with van der Waals surface area (Å²) in [5.74, 6) is -0.893. The number of carbonyl (C=O) groups excluding carboxylic acids is 3. The Labute approximate surface area is 434 Å². The van der Waals surface area contributed by atoms with Gasteiger partial charge in [-0.1, -0.05) is 261 Å². The predicted octanol–water partition coefficient (Wildman–Crippen LogP) is 20.4. The second-order valence-electron chi connectivity index (χ2n) is 20.3. The summed E-state index contributed by atoms with van der Waals surface area (Å²) in [6, 6.07) is 0. The minimum absolute atomic E-state index is 0.0818. The van der Waals surface area contributed by atoms with E-state index >= 15 is 0 Å². The molecule has 0 unspecified atom stereocenters. The first-order chi connectivity index (χ1) is 34.5. The highest BCUT2D eigenvalue weighted by Gasteiger charge is 2.19. The van der Waals surface area contributed by atoms with Gasteiger partial charge in [0.15, 0.2) is 6.10 Å². The molecule has 70 heavy (non-hydrogen) atoms. The molecule has 0 N–H and O–H groups in total. The van der Waals surface area contributed by atoms with E-state index in [1.54, 1.807) is 0 Å². The Kier molecular flexibility index (Phi) is 56.3. The number of rotatable bonds is 55. The molecule has 0 aliphatic heterocycles. The van der Waals surface area contributed by atoms with Crippen molar-refractivity contribution in [2.24, 2.45) is 0 Å². The van der Waals surface area contributed by atoms with Crippen molar-refractivity contribution in [3.8, 4) is 0 Å². The molecule has 0 fully saturated rings. The first kappa shape index (κ1) is 67.1. The van der Waals surface area contributed by atoms with Crippen LogP contribution in [-0.2, 0) is 28.6 Å². The van der Waals surface area contributed by atoms with Gasteiger partial charge in [0.2, 0.25) is 0 Å². The minimum Gasteiger partial charge on any atom is -0.462 e. The smallest absolute Gasteiger partial charge is 0.306 e. The molecule has 6 nitrogen and oxygen atoms in total. The molecule has 0 aliphatic carbocycles. The Hall–Kier alpha value is -2.89. The summed E-state index contributed by atoms with van der Waals surface area (Å²) in [6.07, 6.45) is 73.5. The van der Waals surface area contributed by atoms with Crippen LogP contribution in [0.5, 0.6) is 0 Å². The summed E-state index contributed by atoms with van der Waals surface area (Å²) >= 11 is 0. The highest BCUT2D eigenvalue weighted by atomic mass is 16.6. The Balaban J connectivity index is 4.39.